The van der Waals surface area contributed by atoms with Crippen LogP contribution in [-0.2, 0) is 9.53 Å². The van der Waals surface area contributed by atoms with Crippen molar-refractivity contribution in [3.05, 3.63) is 90.0 Å². The van der Waals surface area contributed by atoms with Gasteiger partial charge in [-0.3, -0.25) is 24.5 Å². The normalized spacial score (nSPS) is 14.5. The van der Waals surface area contributed by atoms with Gasteiger partial charge in [-0.05, 0) is 67.8 Å². The Morgan fingerprint density at radius 2 is 1.78 bits per heavy atom. The summed E-state index contributed by atoms with van der Waals surface area (Å²) in [6.07, 6.45) is 9.80. The van der Waals surface area contributed by atoms with Crippen LogP contribution in [-0.4, -0.2) is 40.4 Å². The van der Waals surface area contributed by atoms with Crippen molar-refractivity contribution in [1.82, 2.24) is 15.3 Å². The van der Waals surface area contributed by atoms with Gasteiger partial charge in [0, 0.05) is 30.3 Å². The lowest BCUT2D eigenvalue weighted by molar-refractivity contribution is -0.123. The molecular formula is C28H30N4O4. The molecule has 186 valence electrons. The Hall–Kier alpha value is -4.07. The van der Waals surface area contributed by atoms with Gasteiger partial charge in [0.15, 0.2) is 0 Å². The molecule has 8 nitrogen and oxygen atoms in total. The molecule has 1 aliphatic carbocycles. The zero-order chi connectivity index (χ0) is 25.3. The Labute approximate surface area is 210 Å². The zero-order valence-electron chi connectivity index (χ0n) is 20.3. The molecule has 0 radical (unpaired) electrons. The number of esters is 1. The minimum atomic E-state index is -0.998. The smallest absolute Gasteiger partial charge is 0.338 e. The maximum atomic E-state index is 13.9. The first-order chi connectivity index (χ1) is 17.6. The van der Waals surface area contributed by atoms with E-state index in [1.54, 1.807) is 73.9 Å². The molecule has 0 bridgehead atoms. The van der Waals surface area contributed by atoms with Gasteiger partial charge in [0.2, 0.25) is 5.91 Å². The number of hydrogen-bond donors (Lipinski definition) is 1. The second kappa shape index (κ2) is 12.1. The van der Waals surface area contributed by atoms with E-state index in [0.717, 1.165) is 32.1 Å². The number of benzene rings is 1. The van der Waals surface area contributed by atoms with Crippen LogP contribution in [0, 0.1) is 0 Å². The molecule has 8 heteroatoms. The highest BCUT2D eigenvalue weighted by Gasteiger charge is 2.35. The Morgan fingerprint density at radius 3 is 2.47 bits per heavy atom. The van der Waals surface area contributed by atoms with Crippen LogP contribution in [0.15, 0.2) is 73.2 Å². The summed E-state index contributed by atoms with van der Waals surface area (Å²) in [7, 11) is 0. The number of nitrogens with one attached hydrogen (secondary N) is 1. The molecule has 2 amide bonds. The van der Waals surface area contributed by atoms with E-state index in [2.05, 4.69) is 15.3 Å². The maximum Gasteiger partial charge on any atom is 0.338 e. The van der Waals surface area contributed by atoms with Crippen LogP contribution in [0.4, 0.5) is 5.69 Å². The number of carbonyl (C=O) groups excluding carboxylic acids is 3. The summed E-state index contributed by atoms with van der Waals surface area (Å²) >= 11 is 0. The molecule has 0 saturated heterocycles. The van der Waals surface area contributed by atoms with Crippen LogP contribution in [0.3, 0.4) is 0 Å². The summed E-state index contributed by atoms with van der Waals surface area (Å²) in [6, 6.07) is 14.1. The number of amides is 2. The highest BCUT2D eigenvalue weighted by atomic mass is 16.5. The summed E-state index contributed by atoms with van der Waals surface area (Å²) in [6.45, 7) is 1.96. The van der Waals surface area contributed by atoms with E-state index in [1.807, 2.05) is 0 Å². The lowest BCUT2D eigenvalue weighted by atomic mass is 9.94. The van der Waals surface area contributed by atoms with Crippen molar-refractivity contribution in [2.75, 3.05) is 11.5 Å². The van der Waals surface area contributed by atoms with Gasteiger partial charge >= 0.3 is 5.97 Å². The molecule has 1 N–H and O–H groups in total. The third-order valence-corrected chi connectivity index (χ3v) is 6.22. The third kappa shape index (κ3) is 5.94. The van der Waals surface area contributed by atoms with Crippen LogP contribution in [0.1, 0.15) is 71.5 Å². The van der Waals surface area contributed by atoms with Crippen LogP contribution in [0.5, 0.6) is 0 Å². The molecule has 1 saturated carbocycles. The molecule has 4 rings (SSSR count). The molecule has 36 heavy (non-hydrogen) atoms. The summed E-state index contributed by atoms with van der Waals surface area (Å²) in [5.41, 5.74) is 1.46. The van der Waals surface area contributed by atoms with Crippen LogP contribution in [0.2, 0.25) is 0 Å². The third-order valence-electron chi connectivity index (χ3n) is 6.22. The number of ether oxygens (including phenoxy) is 1. The van der Waals surface area contributed by atoms with E-state index in [0.29, 0.717) is 11.3 Å². The fraction of sp³-hybridized carbons (Fsp3) is 0.321. The van der Waals surface area contributed by atoms with Crippen LogP contribution < -0.4 is 10.2 Å². The number of hydrogen-bond acceptors (Lipinski definition) is 6. The van der Waals surface area contributed by atoms with E-state index in [4.69, 9.17) is 4.74 Å². The zero-order valence-corrected chi connectivity index (χ0v) is 20.3. The molecule has 1 atom stereocenters. The van der Waals surface area contributed by atoms with Gasteiger partial charge in [-0.25, -0.2) is 4.79 Å². The van der Waals surface area contributed by atoms with Crippen LogP contribution in [0.25, 0.3) is 0 Å². The van der Waals surface area contributed by atoms with Crippen molar-refractivity contribution in [2.24, 2.45) is 0 Å². The highest BCUT2D eigenvalue weighted by molar-refractivity contribution is 6.09. The van der Waals surface area contributed by atoms with Crippen molar-refractivity contribution in [3.63, 3.8) is 0 Å². The molecule has 3 aromatic rings. The fourth-order valence-electron chi connectivity index (χ4n) is 4.48. The van der Waals surface area contributed by atoms with Crippen molar-refractivity contribution in [2.45, 2.75) is 51.1 Å². The maximum absolute atomic E-state index is 13.9. The topological polar surface area (TPSA) is 101 Å². The van der Waals surface area contributed by atoms with Gasteiger partial charge in [0.05, 0.1) is 12.2 Å². The second-order valence-electron chi connectivity index (χ2n) is 8.69. The van der Waals surface area contributed by atoms with Gasteiger partial charge in [-0.2, -0.15) is 0 Å². The minimum Gasteiger partial charge on any atom is -0.462 e. The minimum absolute atomic E-state index is 0.0493. The Morgan fingerprint density at radius 1 is 1.00 bits per heavy atom. The summed E-state index contributed by atoms with van der Waals surface area (Å²) in [5.74, 6) is -1.26. The van der Waals surface area contributed by atoms with Crippen LogP contribution >= 0.6 is 0 Å². The molecule has 0 aliphatic heterocycles. The SMILES string of the molecule is CCOC(=O)c1cccc(N(C(=O)c2ccccn2)C(C(=O)NC2CCCCC2)c2ccncc2)c1. The molecule has 2 heterocycles. The van der Waals surface area contributed by atoms with Gasteiger partial charge in [0.25, 0.3) is 5.91 Å². The molecule has 0 spiro atoms. The molecule has 1 aromatic carbocycles. The van der Waals surface area contributed by atoms with Crippen molar-refractivity contribution in [3.8, 4) is 0 Å². The summed E-state index contributed by atoms with van der Waals surface area (Å²) < 4.78 is 5.16. The number of carbonyl (C=O) groups is 3. The van der Waals surface area contributed by atoms with Crippen molar-refractivity contribution in [1.29, 1.82) is 0 Å². The average Bonchev–Trinajstić information content (AvgIpc) is 2.93. The predicted molar refractivity (Wildman–Crippen MR) is 135 cm³/mol. The van der Waals surface area contributed by atoms with E-state index < -0.39 is 17.9 Å². The lowest BCUT2D eigenvalue weighted by Gasteiger charge is -2.33. The number of aromatic nitrogens is 2. The highest BCUT2D eigenvalue weighted by Crippen LogP contribution is 2.31. The quantitative estimate of drug-likeness (QED) is 0.471. The van der Waals surface area contributed by atoms with E-state index in [1.165, 1.54) is 11.1 Å². The van der Waals surface area contributed by atoms with Crippen molar-refractivity contribution < 1.29 is 19.1 Å². The van der Waals surface area contributed by atoms with E-state index >= 15 is 0 Å². The average molecular weight is 487 g/mol. The van der Waals surface area contributed by atoms with E-state index in [-0.39, 0.29) is 29.8 Å². The Balaban J connectivity index is 1.81. The summed E-state index contributed by atoms with van der Waals surface area (Å²) in [5, 5.41) is 3.17. The fourth-order valence-corrected chi connectivity index (χ4v) is 4.48. The monoisotopic (exact) mass is 486 g/mol. The molecule has 2 aromatic heterocycles. The molecule has 1 unspecified atom stereocenters. The molecule has 1 aliphatic rings. The second-order valence-corrected chi connectivity index (χ2v) is 8.69. The Kier molecular flexibility index (Phi) is 8.39. The largest absolute Gasteiger partial charge is 0.462 e. The van der Waals surface area contributed by atoms with Crippen molar-refractivity contribution >= 4 is 23.5 Å². The van der Waals surface area contributed by atoms with Gasteiger partial charge < -0.3 is 10.1 Å². The standard InChI is InChI=1S/C28H30N4O4/c1-2-36-28(35)21-9-8-12-23(19-21)32(27(34)24-13-6-7-16-30-24)25(20-14-17-29-18-15-20)26(33)31-22-10-4-3-5-11-22/h6-9,12-19,22,25H,2-5,10-11H2,1H3,(H,31,33). The van der Waals surface area contributed by atoms with Gasteiger partial charge in [-0.1, -0.05) is 31.4 Å². The lowest BCUT2D eigenvalue weighted by Crippen LogP contribution is -2.47. The number of nitrogens with zero attached hydrogens (tertiary/aromatic N) is 3. The molecular weight excluding hydrogens is 456 g/mol. The predicted octanol–water partition coefficient (Wildman–Crippen LogP) is 4.49. The first-order valence-electron chi connectivity index (χ1n) is 12.3. The molecule has 1 fully saturated rings. The number of anilines is 1. The first-order valence-corrected chi connectivity index (χ1v) is 12.3. The Bertz CT molecular complexity index is 1180. The van der Waals surface area contributed by atoms with Gasteiger partial charge in [-0.15, -0.1) is 0 Å². The van der Waals surface area contributed by atoms with Gasteiger partial charge in [0.1, 0.15) is 11.7 Å². The summed E-state index contributed by atoms with van der Waals surface area (Å²) in [4.78, 5) is 50.0. The van der Waals surface area contributed by atoms with E-state index in [9.17, 15) is 14.4 Å². The first kappa shape index (κ1) is 25.0. The number of pyridine rings is 2. The number of rotatable bonds is 8.